The van der Waals surface area contributed by atoms with Crippen LogP contribution in [0.1, 0.15) is 13.3 Å². The molecule has 0 aliphatic carbocycles. The van der Waals surface area contributed by atoms with E-state index in [0.29, 0.717) is 6.01 Å². The maximum Gasteiger partial charge on any atom is 0.316 e. The number of nitrogens with zero attached hydrogens (tertiary/aromatic N) is 2. The van der Waals surface area contributed by atoms with Gasteiger partial charge in [0.1, 0.15) is 0 Å². The summed E-state index contributed by atoms with van der Waals surface area (Å²) in [6.45, 7) is 3.05. The van der Waals surface area contributed by atoms with Crippen molar-refractivity contribution in [1.29, 1.82) is 0 Å². The third-order valence-electron chi connectivity index (χ3n) is 1.39. The van der Waals surface area contributed by atoms with Crippen LogP contribution in [0.4, 0.5) is 5.69 Å². The van der Waals surface area contributed by atoms with Gasteiger partial charge in [0, 0.05) is 6.54 Å². The number of rotatable bonds is 4. The smallest absolute Gasteiger partial charge is 0.316 e. The van der Waals surface area contributed by atoms with Crippen LogP contribution < -0.4 is 10.1 Å². The topological polar surface area (TPSA) is 47.0 Å². The number of aromatic nitrogens is 2. The molecule has 0 fully saturated rings. The first-order chi connectivity index (χ1) is 5.86. The summed E-state index contributed by atoms with van der Waals surface area (Å²) in [5.41, 5.74) is 0.928. The van der Waals surface area contributed by atoms with Gasteiger partial charge in [-0.3, -0.25) is 0 Å². The van der Waals surface area contributed by atoms with Gasteiger partial charge in [0.15, 0.2) is 0 Å². The van der Waals surface area contributed by atoms with Gasteiger partial charge < -0.3 is 10.1 Å². The highest BCUT2D eigenvalue weighted by atomic mass is 16.5. The molecule has 66 valence electrons. The molecule has 12 heavy (non-hydrogen) atoms. The number of hydrogen-bond acceptors (Lipinski definition) is 4. The second kappa shape index (κ2) is 4.54. The van der Waals surface area contributed by atoms with Crippen LogP contribution in [0.15, 0.2) is 12.4 Å². The standard InChI is InChI=1S/C8H13N3O/c1-3-4-9-7-5-10-8(12-2)11-6-7/h5-6,9H,3-4H2,1-2H3. The lowest BCUT2D eigenvalue weighted by atomic mass is 10.4. The Morgan fingerprint density at radius 3 is 2.58 bits per heavy atom. The monoisotopic (exact) mass is 167 g/mol. The fraction of sp³-hybridized carbons (Fsp3) is 0.500. The average molecular weight is 167 g/mol. The number of hydrogen-bond donors (Lipinski definition) is 1. The lowest BCUT2D eigenvalue weighted by molar-refractivity contribution is 0.380. The molecule has 0 amide bonds. The van der Waals surface area contributed by atoms with Crippen molar-refractivity contribution < 1.29 is 4.74 Å². The van der Waals surface area contributed by atoms with Gasteiger partial charge in [-0.25, -0.2) is 9.97 Å². The first-order valence-electron chi connectivity index (χ1n) is 3.96. The van der Waals surface area contributed by atoms with Gasteiger partial charge in [0.2, 0.25) is 0 Å². The van der Waals surface area contributed by atoms with E-state index in [0.717, 1.165) is 18.7 Å². The van der Waals surface area contributed by atoms with Gasteiger partial charge >= 0.3 is 6.01 Å². The quantitative estimate of drug-likeness (QED) is 0.734. The highest BCUT2D eigenvalue weighted by molar-refractivity contribution is 5.37. The number of ether oxygens (including phenoxy) is 1. The van der Waals surface area contributed by atoms with Crippen LogP contribution in [-0.4, -0.2) is 23.6 Å². The highest BCUT2D eigenvalue weighted by Crippen LogP contribution is 2.05. The van der Waals surface area contributed by atoms with E-state index in [1.54, 1.807) is 19.5 Å². The van der Waals surface area contributed by atoms with E-state index in [1.807, 2.05) is 0 Å². The molecular weight excluding hydrogens is 154 g/mol. The molecule has 0 aliphatic heterocycles. The molecule has 0 spiro atoms. The zero-order valence-electron chi connectivity index (χ0n) is 7.37. The molecule has 0 aliphatic rings. The Kier molecular flexibility index (Phi) is 3.32. The van der Waals surface area contributed by atoms with Crippen molar-refractivity contribution in [3.63, 3.8) is 0 Å². The maximum absolute atomic E-state index is 4.82. The predicted octanol–water partition coefficient (Wildman–Crippen LogP) is 1.31. The van der Waals surface area contributed by atoms with Crippen molar-refractivity contribution >= 4 is 5.69 Å². The van der Waals surface area contributed by atoms with E-state index in [-0.39, 0.29) is 0 Å². The van der Waals surface area contributed by atoms with E-state index in [2.05, 4.69) is 22.2 Å². The second-order valence-electron chi connectivity index (χ2n) is 2.39. The Bertz CT molecular complexity index is 222. The van der Waals surface area contributed by atoms with Crippen molar-refractivity contribution in [2.75, 3.05) is 19.0 Å². The molecule has 1 heterocycles. The van der Waals surface area contributed by atoms with Gasteiger partial charge in [0.25, 0.3) is 0 Å². The molecule has 1 aromatic heterocycles. The van der Waals surface area contributed by atoms with Crippen LogP contribution in [0, 0.1) is 0 Å². The van der Waals surface area contributed by atoms with Gasteiger partial charge in [-0.05, 0) is 6.42 Å². The molecule has 0 saturated carbocycles. The minimum atomic E-state index is 0.400. The Hall–Kier alpha value is -1.32. The lowest BCUT2D eigenvalue weighted by Gasteiger charge is -2.03. The summed E-state index contributed by atoms with van der Waals surface area (Å²) in [6.07, 6.45) is 4.51. The summed E-state index contributed by atoms with van der Waals surface area (Å²) in [5.74, 6) is 0. The second-order valence-corrected chi connectivity index (χ2v) is 2.39. The first kappa shape index (κ1) is 8.77. The Labute approximate surface area is 72.0 Å². The van der Waals surface area contributed by atoms with Gasteiger partial charge in [0.05, 0.1) is 25.2 Å². The van der Waals surface area contributed by atoms with Gasteiger partial charge in [-0.1, -0.05) is 6.92 Å². The van der Waals surface area contributed by atoms with Crippen LogP contribution in [-0.2, 0) is 0 Å². The first-order valence-corrected chi connectivity index (χ1v) is 3.96. The van der Waals surface area contributed by atoms with E-state index in [9.17, 15) is 0 Å². The van der Waals surface area contributed by atoms with E-state index < -0.39 is 0 Å². The fourth-order valence-corrected chi connectivity index (χ4v) is 0.782. The van der Waals surface area contributed by atoms with Crippen molar-refractivity contribution in [2.45, 2.75) is 13.3 Å². The van der Waals surface area contributed by atoms with Crippen LogP contribution in [0.2, 0.25) is 0 Å². The molecule has 1 N–H and O–H groups in total. The minimum Gasteiger partial charge on any atom is -0.467 e. The SMILES string of the molecule is CCCNc1cnc(OC)nc1. The molecular formula is C8H13N3O. The Balaban J connectivity index is 2.53. The van der Waals surface area contributed by atoms with Gasteiger partial charge in [-0.15, -0.1) is 0 Å². The highest BCUT2D eigenvalue weighted by Gasteiger charge is 1.94. The van der Waals surface area contributed by atoms with E-state index >= 15 is 0 Å². The molecule has 0 aromatic carbocycles. The summed E-state index contributed by atoms with van der Waals surface area (Å²) in [7, 11) is 1.55. The third-order valence-corrected chi connectivity index (χ3v) is 1.39. The molecule has 0 bridgehead atoms. The minimum absolute atomic E-state index is 0.400. The summed E-state index contributed by atoms with van der Waals surface area (Å²) in [6, 6.07) is 0.400. The van der Waals surface area contributed by atoms with Crippen molar-refractivity contribution in [3.05, 3.63) is 12.4 Å². The van der Waals surface area contributed by atoms with Gasteiger partial charge in [-0.2, -0.15) is 0 Å². The van der Waals surface area contributed by atoms with Crippen molar-refractivity contribution in [1.82, 2.24) is 9.97 Å². The lowest BCUT2D eigenvalue weighted by Crippen LogP contribution is -2.01. The predicted molar refractivity (Wildman–Crippen MR) is 47.4 cm³/mol. The molecule has 4 heteroatoms. The fourth-order valence-electron chi connectivity index (χ4n) is 0.782. The number of anilines is 1. The molecule has 0 atom stereocenters. The largest absolute Gasteiger partial charge is 0.467 e. The zero-order chi connectivity index (χ0) is 8.81. The summed E-state index contributed by atoms with van der Waals surface area (Å²) >= 11 is 0. The molecule has 4 nitrogen and oxygen atoms in total. The average Bonchev–Trinajstić information content (AvgIpc) is 2.15. The Morgan fingerprint density at radius 2 is 2.08 bits per heavy atom. The van der Waals surface area contributed by atoms with Crippen LogP contribution in [0.25, 0.3) is 0 Å². The molecule has 0 saturated heterocycles. The zero-order valence-corrected chi connectivity index (χ0v) is 7.37. The molecule has 0 unspecified atom stereocenters. The molecule has 1 rings (SSSR count). The summed E-state index contributed by atoms with van der Waals surface area (Å²) < 4.78 is 4.82. The van der Waals surface area contributed by atoms with Crippen LogP contribution >= 0.6 is 0 Å². The third kappa shape index (κ3) is 2.38. The number of nitrogens with one attached hydrogen (secondary N) is 1. The van der Waals surface area contributed by atoms with Crippen LogP contribution in [0.3, 0.4) is 0 Å². The summed E-state index contributed by atoms with van der Waals surface area (Å²) in [5, 5.41) is 3.17. The molecule has 0 radical (unpaired) electrons. The number of methoxy groups -OCH3 is 1. The van der Waals surface area contributed by atoms with Crippen molar-refractivity contribution in [2.24, 2.45) is 0 Å². The maximum atomic E-state index is 4.82. The van der Waals surface area contributed by atoms with Crippen LogP contribution in [0.5, 0.6) is 6.01 Å². The van der Waals surface area contributed by atoms with E-state index in [4.69, 9.17) is 4.74 Å². The summed E-state index contributed by atoms with van der Waals surface area (Å²) in [4.78, 5) is 7.91. The normalized spacial score (nSPS) is 9.50. The van der Waals surface area contributed by atoms with Crippen molar-refractivity contribution in [3.8, 4) is 6.01 Å². The van der Waals surface area contributed by atoms with E-state index in [1.165, 1.54) is 0 Å². The Morgan fingerprint density at radius 1 is 1.42 bits per heavy atom. The molecule has 1 aromatic rings.